The van der Waals surface area contributed by atoms with E-state index < -0.39 is 0 Å². The summed E-state index contributed by atoms with van der Waals surface area (Å²) in [6, 6.07) is 13.2. The van der Waals surface area contributed by atoms with E-state index in [2.05, 4.69) is 21.6 Å². The topological polar surface area (TPSA) is 89.1 Å². The number of benzene rings is 2. The average molecular weight is 470 g/mol. The van der Waals surface area contributed by atoms with E-state index in [1.807, 2.05) is 32.0 Å². The molecule has 0 radical (unpaired) electrons. The van der Waals surface area contributed by atoms with E-state index in [4.69, 9.17) is 14.2 Å². The SMILES string of the molecule is COc1ccccc1CN1CCC(NC(=O)c2ccc(OCC(=O)NC(C)C)c(OC)c2)CC1. The normalized spacial score (nSPS) is 14.5. The maximum atomic E-state index is 12.8. The van der Waals surface area contributed by atoms with Crippen molar-refractivity contribution < 1.29 is 23.8 Å². The van der Waals surface area contributed by atoms with Crippen molar-refractivity contribution in [1.82, 2.24) is 15.5 Å². The summed E-state index contributed by atoms with van der Waals surface area (Å²) >= 11 is 0. The lowest BCUT2D eigenvalue weighted by Crippen LogP contribution is -2.44. The van der Waals surface area contributed by atoms with Gasteiger partial charge in [0.15, 0.2) is 18.1 Å². The number of hydrogen-bond donors (Lipinski definition) is 2. The number of hydrogen-bond acceptors (Lipinski definition) is 6. The van der Waals surface area contributed by atoms with Crippen LogP contribution in [0.5, 0.6) is 17.2 Å². The molecular weight excluding hydrogens is 434 g/mol. The summed E-state index contributed by atoms with van der Waals surface area (Å²) < 4.78 is 16.4. The first-order valence-electron chi connectivity index (χ1n) is 11.6. The Kier molecular flexibility index (Phi) is 9.16. The first-order chi connectivity index (χ1) is 16.4. The second-order valence-corrected chi connectivity index (χ2v) is 8.71. The highest BCUT2D eigenvalue weighted by Crippen LogP contribution is 2.28. The second kappa shape index (κ2) is 12.3. The van der Waals surface area contributed by atoms with Crippen LogP contribution < -0.4 is 24.8 Å². The molecule has 8 heteroatoms. The lowest BCUT2D eigenvalue weighted by atomic mass is 10.0. The predicted octanol–water partition coefficient (Wildman–Crippen LogP) is 3.00. The first-order valence-corrected chi connectivity index (χ1v) is 11.6. The Hall–Kier alpha value is -3.26. The van der Waals surface area contributed by atoms with Gasteiger partial charge in [-0.1, -0.05) is 18.2 Å². The number of nitrogens with zero attached hydrogens (tertiary/aromatic N) is 1. The average Bonchev–Trinajstić information content (AvgIpc) is 2.83. The molecule has 2 aromatic rings. The minimum absolute atomic E-state index is 0.0390. The highest BCUT2D eigenvalue weighted by Gasteiger charge is 2.22. The van der Waals surface area contributed by atoms with Crippen molar-refractivity contribution in [3.8, 4) is 17.2 Å². The third kappa shape index (κ3) is 7.12. The number of piperidine rings is 1. The van der Waals surface area contributed by atoms with E-state index >= 15 is 0 Å². The van der Waals surface area contributed by atoms with Crippen molar-refractivity contribution in [3.63, 3.8) is 0 Å². The van der Waals surface area contributed by atoms with Gasteiger partial charge in [-0.25, -0.2) is 0 Å². The van der Waals surface area contributed by atoms with Gasteiger partial charge in [-0.15, -0.1) is 0 Å². The van der Waals surface area contributed by atoms with Gasteiger partial charge in [0, 0.05) is 42.8 Å². The molecule has 34 heavy (non-hydrogen) atoms. The van der Waals surface area contributed by atoms with Crippen LogP contribution in [0.1, 0.15) is 42.6 Å². The van der Waals surface area contributed by atoms with Gasteiger partial charge < -0.3 is 24.8 Å². The summed E-state index contributed by atoms with van der Waals surface area (Å²) in [5, 5.41) is 5.90. The third-order valence-electron chi connectivity index (χ3n) is 5.74. The number of ether oxygens (including phenoxy) is 3. The standard InChI is InChI=1S/C26H35N3O5/c1-18(2)27-25(30)17-34-23-10-9-19(15-24(23)33-4)26(31)28-21-11-13-29(14-12-21)16-20-7-5-6-8-22(20)32-3/h5-10,15,18,21H,11-14,16-17H2,1-4H3,(H,27,30)(H,28,31). The predicted molar refractivity (Wildman–Crippen MR) is 131 cm³/mol. The minimum Gasteiger partial charge on any atom is -0.496 e. The number of carbonyl (C=O) groups is 2. The van der Waals surface area contributed by atoms with E-state index in [1.54, 1.807) is 25.3 Å². The molecule has 8 nitrogen and oxygen atoms in total. The van der Waals surface area contributed by atoms with Crippen LogP contribution in [0.3, 0.4) is 0 Å². The van der Waals surface area contributed by atoms with Crippen LogP contribution in [0.4, 0.5) is 0 Å². The lowest BCUT2D eigenvalue weighted by molar-refractivity contribution is -0.123. The van der Waals surface area contributed by atoms with Crippen molar-refractivity contribution in [2.24, 2.45) is 0 Å². The molecule has 2 aromatic carbocycles. The Morgan fingerprint density at radius 2 is 1.71 bits per heavy atom. The number of rotatable bonds is 10. The quantitative estimate of drug-likeness (QED) is 0.556. The Morgan fingerprint density at radius 3 is 2.38 bits per heavy atom. The zero-order valence-corrected chi connectivity index (χ0v) is 20.4. The molecule has 0 atom stereocenters. The monoisotopic (exact) mass is 469 g/mol. The molecule has 0 bridgehead atoms. The van der Waals surface area contributed by atoms with Gasteiger partial charge >= 0.3 is 0 Å². The van der Waals surface area contributed by atoms with Crippen molar-refractivity contribution >= 4 is 11.8 Å². The Labute approximate surface area is 201 Å². The fraction of sp³-hybridized carbons (Fsp3) is 0.462. The van der Waals surface area contributed by atoms with E-state index in [-0.39, 0.29) is 30.5 Å². The second-order valence-electron chi connectivity index (χ2n) is 8.71. The van der Waals surface area contributed by atoms with Gasteiger partial charge in [-0.05, 0) is 51.0 Å². The maximum absolute atomic E-state index is 12.8. The molecule has 0 saturated carbocycles. The van der Waals surface area contributed by atoms with Gasteiger partial charge in [0.1, 0.15) is 5.75 Å². The van der Waals surface area contributed by atoms with Crippen molar-refractivity contribution in [2.75, 3.05) is 33.9 Å². The van der Waals surface area contributed by atoms with Gasteiger partial charge in [-0.3, -0.25) is 14.5 Å². The summed E-state index contributed by atoms with van der Waals surface area (Å²) in [4.78, 5) is 27.0. The molecule has 1 aliphatic heterocycles. The van der Waals surface area contributed by atoms with Crippen LogP contribution in [0.25, 0.3) is 0 Å². The number of para-hydroxylation sites is 1. The Balaban J connectivity index is 1.51. The molecule has 184 valence electrons. The highest BCUT2D eigenvalue weighted by atomic mass is 16.5. The number of likely N-dealkylation sites (tertiary alicyclic amines) is 1. The zero-order chi connectivity index (χ0) is 24.5. The molecule has 0 aliphatic carbocycles. The van der Waals surface area contributed by atoms with E-state index in [1.165, 1.54) is 12.7 Å². The van der Waals surface area contributed by atoms with Crippen LogP contribution in [-0.4, -0.2) is 62.7 Å². The van der Waals surface area contributed by atoms with Gasteiger partial charge in [0.2, 0.25) is 0 Å². The molecule has 1 saturated heterocycles. The molecule has 1 fully saturated rings. The van der Waals surface area contributed by atoms with Crippen LogP contribution in [0, 0.1) is 0 Å². The van der Waals surface area contributed by atoms with Crippen molar-refractivity contribution in [1.29, 1.82) is 0 Å². The summed E-state index contributed by atoms with van der Waals surface area (Å²) in [6.45, 7) is 6.29. The number of methoxy groups -OCH3 is 2. The summed E-state index contributed by atoms with van der Waals surface area (Å²) in [7, 11) is 3.20. The van der Waals surface area contributed by atoms with E-state index in [9.17, 15) is 9.59 Å². The number of amides is 2. The third-order valence-corrected chi connectivity index (χ3v) is 5.74. The fourth-order valence-electron chi connectivity index (χ4n) is 4.01. The number of carbonyl (C=O) groups excluding carboxylic acids is 2. The molecule has 2 amide bonds. The van der Waals surface area contributed by atoms with Gasteiger partial charge in [-0.2, -0.15) is 0 Å². The van der Waals surface area contributed by atoms with Crippen LogP contribution >= 0.6 is 0 Å². The highest BCUT2D eigenvalue weighted by molar-refractivity contribution is 5.95. The van der Waals surface area contributed by atoms with E-state index in [0.717, 1.165) is 38.2 Å². The smallest absolute Gasteiger partial charge is 0.258 e. The van der Waals surface area contributed by atoms with Crippen LogP contribution in [0.2, 0.25) is 0 Å². The fourth-order valence-corrected chi connectivity index (χ4v) is 4.01. The molecule has 3 rings (SSSR count). The summed E-state index contributed by atoms with van der Waals surface area (Å²) in [5.41, 5.74) is 1.66. The van der Waals surface area contributed by atoms with E-state index in [0.29, 0.717) is 17.1 Å². The van der Waals surface area contributed by atoms with Crippen molar-refractivity contribution in [2.45, 2.75) is 45.3 Å². The largest absolute Gasteiger partial charge is 0.496 e. The summed E-state index contributed by atoms with van der Waals surface area (Å²) in [6.07, 6.45) is 1.76. The minimum atomic E-state index is -0.212. The van der Waals surface area contributed by atoms with Crippen molar-refractivity contribution in [3.05, 3.63) is 53.6 Å². The van der Waals surface area contributed by atoms with Crippen LogP contribution in [-0.2, 0) is 11.3 Å². The molecule has 0 unspecified atom stereocenters. The lowest BCUT2D eigenvalue weighted by Gasteiger charge is -2.32. The number of nitrogens with one attached hydrogen (secondary N) is 2. The molecule has 0 spiro atoms. The van der Waals surface area contributed by atoms with Gasteiger partial charge in [0.05, 0.1) is 14.2 Å². The molecule has 0 aromatic heterocycles. The molecular formula is C26H35N3O5. The summed E-state index contributed by atoms with van der Waals surface area (Å²) in [5.74, 6) is 1.38. The molecule has 2 N–H and O–H groups in total. The Morgan fingerprint density at radius 1 is 1.00 bits per heavy atom. The van der Waals surface area contributed by atoms with Crippen LogP contribution in [0.15, 0.2) is 42.5 Å². The molecule has 1 aliphatic rings. The maximum Gasteiger partial charge on any atom is 0.258 e. The molecule has 1 heterocycles. The Bertz CT molecular complexity index is 971. The zero-order valence-electron chi connectivity index (χ0n) is 20.4. The van der Waals surface area contributed by atoms with Gasteiger partial charge in [0.25, 0.3) is 11.8 Å². The first kappa shape index (κ1) is 25.4.